The number of rotatable bonds is 3. The van der Waals surface area contributed by atoms with Crippen LogP contribution in [0.2, 0.25) is 0 Å². The van der Waals surface area contributed by atoms with Crippen molar-refractivity contribution in [2.75, 3.05) is 19.8 Å². The predicted octanol–water partition coefficient (Wildman–Crippen LogP) is 2.09. The highest BCUT2D eigenvalue weighted by atomic mass is 16.5. The SMILES string of the molecule is CC1(C)CCC(CC2(CN)CCCOC2)O1. The van der Waals surface area contributed by atoms with Crippen molar-refractivity contribution in [2.45, 2.75) is 57.7 Å². The van der Waals surface area contributed by atoms with Gasteiger partial charge in [0.2, 0.25) is 0 Å². The highest BCUT2D eigenvalue weighted by molar-refractivity contribution is 4.90. The van der Waals surface area contributed by atoms with Gasteiger partial charge in [0, 0.05) is 18.6 Å². The number of ether oxygens (including phenoxy) is 2. The highest BCUT2D eigenvalue weighted by Crippen LogP contribution is 2.39. The van der Waals surface area contributed by atoms with Crippen molar-refractivity contribution in [3.63, 3.8) is 0 Å². The molecule has 0 aromatic carbocycles. The Hall–Kier alpha value is -0.120. The molecule has 2 fully saturated rings. The fraction of sp³-hybridized carbons (Fsp3) is 1.00. The molecule has 2 aliphatic heterocycles. The molecule has 0 aromatic rings. The first-order chi connectivity index (χ1) is 7.55. The van der Waals surface area contributed by atoms with Crippen LogP contribution >= 0.6 is 0 Å². The minimum absolute atomic E-state index is 0.0655. The van der Waals surface area contributed by atoms with E-state index in [2.05, 4.69) is 13.8 Å². The van der Waals surface area contributed by atoms with Gasteiger partial charge in [0.15, 0.2) is 0 Å². The monoisotopic (exact) mass is 227 g/mol. The maximum absolute atomic E-state index is 6.07. The first-order valence-electron chi connectivity index (χ1n) is 6.51. The first kappa shape index (κ1) is 12.3. The molecule has 2 aliphatic rings. The maximum Gasteiger partial charge on any atom is 0.0631 e. The molecule has 0 aromatic heterocycles. The van der Waals surface area contributed by atoms with E-state index >= 15 is 0 Å². The summed E-state index contributed by atoms with van der Waals surface area (Å²) in [6.07, 6.45) is 6.15. The molecule has 0 amide bonds. The minimum Gasteiger partial charge on any atom is -0.381 e. The summed E-state index contributed by atoms with van der Waals surface area (Å²) in [6.45, 7) is 6.81. The minimum atomic E-state index is 0.0655. The van der Waals surface area contributed by atoms with Crippen molar-refractivity contribution < 1.29 is 9.47 Å². The van der Waals surface area contributed by atoms with Crippen LogP contribution in [0.3, 0.4) is 0 Å². The summed E-state index contributed by atoms with van der Waals surface area (Å²) in [5.74, 6) is 0. The van der Waals surface area contributed by atoms with Crippen molar-refractivity contribution in [1.29, 1.82) is 0 Å². The van der Waals surface area contributed by atoms with Crippen LogP contribution in [0.5, 0.6) is 0 Å². The van der Waals surface area contributed by atoms with Crippen LogP contribution < -0.4 is 5.73 Å². The molecule has 2 heterocycles. The second-order valence-corrected chi connectivity index (χ2v) is 6.10. The predicted molar refractivity (Wildman–Crippen MR) is 64.3 cm³/mol. The number of nitrogens with two attached hydrogens (primary N) is 1. The lowest BCUT2D eigenvalue weighted by molar-refractivity contribution is -0.0669. The fourth-order valence-electron chi connectivity index (χ4n) is 3.02. The molecule has 16 heavy (non-hydrogen) atoms. The van der Waals surface area contributed by atoms with E-state index in [1.165, 1.54) is 19.3 Å². The van der Waals surface area contributed by atoms with Crippen LogP contribution in [0.15, 0.2) is 0 Å². The van der Waals surface area contributed by atoms with Gasteiger partial charge in [-0.05, 0) is 46.0 Å². The van der Waals surface area contributed by atoms with Crippen LogP contribution in [-0.2, 0) is 9.47 Å². The third-order valence-electron chi connectivity index (χ3n) is 4.05. The topological polar surface area (TPSA) is 44.5 Å². The summed E-state index contributed by atoms with van der Waals surface area (Å²) in [6, 6.07) is 0. The summed E-state index contributed by atoms with van der Waals surface area (Å²) in [7, 11) is 0. The Kier molecular flexibility index (Phi) is 3.57. The summed E-state index contributed by atoms with van der Waals surface area (Å²) in [5, 5.41) is 0. The quantitative estimate of drug-likeness (QED) is 0.803. The molecular formula is C13H25NO2. The average Bonchev–Trinajstić information content (AvgIpc) is 2.59. The summed E-state index contributed by atoms with van der Waals surface area (Å²) in [5.41, 5.74) is 6.20. The number of hydrogen-bond acceptors (Lipinski definition) is 3. The first-order valence-corrected chi connectivity index (χ1v) is 6.51. The molecular weight excluding hydrogens is 202 g/mol. The zero-order valence-electron chi connectivity index (χ0n) is 10.6. The van der Waals surface area contributed by atoms with E-state index in [9.17, 15) is 0 Å². The molecule has 94 valence electrons. The van der Waals surface area contributed by atoms with Gasteiger partial charge in [-0.3, -0.25) is 0 Å². The molecule has 2 saturated heterocycles. The molecule has 2 N–H and O–H groups in total. The van der Waals surface area contributed by atoms with Crippen molar-refractivity contribution in [2.24, 2.45) is 11.1 Å². The van der Waals surface area contributed by atoms with Crippen molar-refractivity contribution in [3.8, 4) is 0 Å². The van der Waals surface area contributed by atoms with Crippen LogP contribution in [0.25, 0.3) is 0 Å². The fourth-order valence-corrected chi connectivity index (χ4v) is 3.02. The Labute approximate surface area is 98.7 Å². The van der Waals surface area contributed by atoms with Gasteiger partial charge in [-0.1, -0.05) is 0 Å². The molecule has 2 rings (SSSR count). The van der Waals surface area contributed by atoms with Gasteiger partial charge in [0.25, 0.3) is 0 Å². The normalized spacial score (nSPS) is 38.8. The molecule has 0 spiro atoms. The Balaban J connectivity index is 1.91. The van der Waals surface area contributed by atoms with Gasteiger partial charge in [-0.25, -0.2) is 0 Å². The summed E-state index contributed by atoms with van der Waals surface area (Å²) < 4.78 is 11.7. The zero-order valence-corrected chi connectivity index (χ0v) is 10.6. The standard InChI is InChI=1S/C13H25NO2/c1-12(2)6-4-11(16-12)8-13(9-14)5-3-7-15-10-13/h11H,3-10,14H2,1-2H3. The van der Waals surface area contributed by atoms with Gasteiger partial charge in [-0.15, -0.1) is 0 Å². The summed E-state index contributed by atoms with van der Waals surface area (Å²) in [4.78, 5) is 0. The molecule has 2 unspecified atom stereocenters. The van der Waals surface area contributed by atoms with Crippen molar-refractivity contribution in [3.05, 3.63) is 0 Å². The lowest BCUT2D eigenvalue weighted by Gasteiger charge is -2.38. The molecule has 0 aliphatic carbocycles. The maximum atomic E-state index is 6.07. The van der Waals surface area contributed by atoms with Gasteiger partial charge >= 0.3 is 0 Å². The smallest absolute Gasteiger partial charge is 0.0631 e. The van der Waals surface area contributed by atoms with Crippen LogP contribution in [0.4, 0.5) is 0 Å². The van der Waals surface area contributed by atoms with E-state index in [1.807, 2.05) is 0 Å². The van der Waals surface area contributed by atoms with Crippen molar-refractivity contribution >= 4 is 0 Å². The molecule has 2 atom stereocenters. The Bertz CT molecular complexity index is 234. The van der Waals surface area contributed by atoms with E-state index in [0.29, 0.717) is 6.10 Å². The number of hydrogen-bond donors (Lipinski definition) is 1. The molecule has 0 radical (unpaired) electrons. The lowest BCUT2D eigenvalue weighted by atomic mass is 9.77. The molecule has 3 heteroatoms. The largest absolute Gasteiger partial charge is 0.381 e. The third kappa shape index (κ3) is 2.76. The van der Waals surface area contributed by atoms with Crippen LogP contribution in [0.1, 0.15) is 46.0 Å². The van der Waals surface area contributed by atoms with E-state index in [1.54, 1.807) is 0 Å². The lowest BCUT2D eigenvalue weighted by Crippen LogP contribution is -2.41. The van der Waals surface area contributed by atoms with Crippen LogP contribution in [-0.4, -0.2) is 31.5 Å². The van der Waals surface area contributed by atoms with E-state index in [-0.39, 0.29) is 11.0 Å². The molecule has 0 bridgehead atoms. The van der Waals surface area contributed by atoms with Gasteiger partial charge < -0.3 is 15.2 Å². The van der Waals surface area contributed by atoms with Crippen LogP contribution in [0, 0.1) is 5.41 Å². The summed E-state index contributed by atoms with van der Waals surface area (Å²) >= 11 is 0. The Morgan fingerprint density at radius 2 is 2.12 bits per heavy atom. The van der Waals surface area contributed by atoms with E-state index in [4.69, 9.17) is 15.2 Å². The molecule has 3 nitrogen and oxygen atoms in total. The van der Waals surface area contributed by atoms with Crippen molar-refractivity contribution in [1.82, 2.24) is 0 Å². The second kappa shape index (κ2) is 4.63. The second-order valence-electron chi connectivity index (χ2n) is 6.10. The Morgan fingerprint density at radius 3 is 2.62 bits per heavy atom. The van der Waals surface area contributed by atoms with Gasteiger partial charge in [0.05, 0.1) is 18.3 Å². The van der Waals surface area contributed by atoms with Gasteiger partial charge in [0.1, 0.15) is 0 Å². The Morgan fingerprint density at radius 1 is 1.31 bits per heavy atom. The average molecular weight is 227 g/mol. The highest BCUT2D eigenvalue weighted by Gasteiger charge is 2.39. The van der Waals surface area contributed by atoms with E-state index in [0.717, 1.165) is 32.6 Å². The third-order valence-corrected chi connectivity index (χ3v) is 4.05. The molecule has 0 saturated carbocycles. The van der Waals surface area contributed by atoms with Gasteiger partial charge in [-0.2, -0.15) is 0 Å². The zero-order chi connectivity index (χ0) is 11.6. The van der Waals surface area contributed by atoms with E-state index < -0.39 is 0 Å².